The Morgan fingerprint density at radius 1 is 0.919 bits per heavy atom. The largest absolute Gasteiger partial charge is 0.439 e. The Morgan fingerprint density at radius 2 is 1.68 bits per heavy atom. The lowest BCUT2D eigenvalue weighted by Gasteiger charge is -2.16. The molecule has 184 valence electrons. The van der Waals surface area contributed by atoms with Gasteiger partial charge in [-0.25, -0.2) is 9.37 Å². The van der Waals surface area contributed by atoms with Crippen molar-refractivity contribution >= 4 is 28.4 Å². The van der Waals surface area contributed by atoms with Crippen molar-refractivity contribution in [3.63, 3.8) is 0 Å². The number of carbonyl (C=O) groups excluding carboxylic acids is 2. The first-order valence-electron chi connectivity index (χ1n) is 11.6. The predicted octanol–water partition coefficient (Wildman–Crippen LogP) is 5.78. The molecule has 0 aliphatic heterocycles. The summed E-state index contributed by atoms with van der Waals surface area (Å²) in [5.74, 6) is -0.804. The number of aryl methyl sites for hydroxylation is 1. The lowest BCUT2D eigenvalue weighted by atomic mass is 9.97. The molecule has 3 aromatic carbocycles. The van der Waals surface area contributed by atoms with Gasteiger partial charge in [-0.2, -0.15) is 0 Å². The highest BCUT2D eigenvalue weighted by Gasteiger charge is 2.23. The minimum absolute atomic E-state index is 0.198. The zero-order chi connectivity index (χ0) is 25.9. The minimum Gasteiger partial charge on any atom is -0.439 e. The summed E-state index contributed by atoms with van der Waals surface area (Å²) in [7, 11) is 3.22. The average Bonchev–Trinajstić information content (AvgIpc) is 3.27. The van der Waals surface area contributed by atoms with Gasteiger partial charge in [-0.1, -0.05) is 36.4 Å². The maximum atomic E-state index is 15.0. The topological polar surface area (TPSA) is 85.2 Å². The Labute approximate surface area is 212 Å². The van der Waals surface area contributed by atoms with E-state index >= 15 is 0 Å². The highest BCUT2D eigenvalue weighted by atomic mass is 19.1. The molecule has 2 amide bonds. The minimum atomic E-state index is -0.721. The van der Waals surface area contributed by atoms with Gasteiger partial charge in [0.25, 0.3) is 11.8 Å². The normalized spacial score (nSPS) is 10.8. The van der Waals surface area contributed by atoms with E-state index in [-0.39, 0.29) is 16.8 Å². The summed E-state index contributed by atoms with van der Waals surface area (Å²) >= 11 is 0. The van der Waals surface area contributed by atoms with Gasteiger partial charge in [0.05, 0.1) is 11.3 Å². The third-order valence-electron chi connectivity index (χ3n) is 6.03. The second kappa shape index (κ2) is 9.94. The number of benzene rings is 3. The summed E-state index contributed by atoms with van der Waals surface area (Å²) in [6, 6.07) is 24.5. The molecule has 0 bridgehead atoms. The second-order valence-electron chi connectivity index (χ2n) is 8.33. The van der Waals surface area contributed by atoms with E-state index in [1.165, 1.54) is 19.3 Å². The van der Waals surface area contributed by atoms with Crippen molar-refractivity contribution < 1.29 is 18.7 Å². The highest BCUT2D eigenvalue weighted by Crippen LogP contribution is 2.35. The quantitative estimate of drug-likeness (QED) is 0.313. The van der Waals surface area contributed by atoms with Crippen LogP contribution in [0.4, 0.5) is 10.1 Å². The number of fused-ring (bicyclic) bond motifs is 1. The van der Waals surface area contributed by atoms with E-state index in [9.17, 15) is 14.0 Å². The highest BCUT2D eigenvalue weighted by molar-refractivity contribution is 6.11. The lowest BCUT2D eigenvalue weighted by Crippen LogP contribution is -2.22. The van der Waals surface area contributed by atoms with Gasteiger partial charge in [0.2, 0.25) is 5.88 Å². The zero-order valence-corrected chi connectivity index (χ0v) is 20.2. The standard InChI is InChI=1S/C29H23FN4O3/c1-31-29(36)27-21(30)13-14-22(33-28(35)24-16-18-8-6-7-11-23(18)34(24)2)26(27)19-12-15-25(32-17-19)37-20-9-4-3-5-10-20/h3-17H,1-2H3,(H,31,36)(H,33,35). The van der Waals surface area contributed by atoms with Crippen LogP contribution in [0, 0.1) is 5.82 Å². The van der Waals surface area contributed by atoms with Gasteiger partial charge in [-0.15, -0.1) is 0 Å². The number of nitrogens with one attached hydrogen (secondary N) is 2. The number of hydrogen-bond acceptors (Lipinski definition) is 4. The van der Waals surface area contributed by atoms with Crippen LogP contribution in [0.2, 0.25) is 0 Å². The number of aromatic nitrogens is 2. The van der Waals surface area contributed by atoms with E-state index in [1.54, 1.807) is 41.9 Å². The van der Waals surface area contributed by atoms with E-state index in [0.29, 0.717) is 22.9 Å². The number of carbonyl (C=O) groups is 2. The van der Waals surface area contributed by atoms with E-state index < -0.39 is 17.6 Å². The van der Waals surface area contributed by atoms with Gasteiger partial charge < -0.3 is 19.9 Å². The number of pyridine rings is 1. The Bertz CT molecular complexity index is 1610. The molecule has 5 aromatic rings. The first kappa shape index (κ1) is 23.7. The van der Waals surface area contributed by atoms with Crippen molar-refractivity contribution in [1.29, 1.82) is 0 Å². The number of anilines is 1. The Kier molecular flexibility index (Phi) is 6.38. The van der Waals surface area contributed by atoms with Crippen LogP contribution >= 0.6 is 0 Å². The molecule has 7 nitrogen and oxygen atoms in total. The molecular weight excluding hydrogens is 471 g/mol. The average molecular weight is 495 g/mol. The molecule has 0 saturated carbocycles. The summed E-state index contributed by atoms with van der Waals surface area (Å²) in [4.78, 5) is 30.4. The molecule has 0 aliphatic carbocycles. The van der Waals surface area contributed by atoms with Crippen molar-refractivity contribution in [2.24, 2.45) is 7.05 Å². The number of rotatable bonds is 6. The van der Waals surface area contributed by atoms with Crippen molar-refractivity contribution in [1.82, 2.24) is 14.9 Å². The fourth-order valence-electron chi connectivity index (χ4n) is 4.22. The van der Waals surface area contributed by atoms with Crippen LogP contribution in [-0.2, 0) is 7.05 Å². The van der Waals surface area contributed by atoms with Crippen LogP contribution in [-0.4, -0.2) is 28.4 Å². The van der Waals surface area contributed by atoms with Gasteiger partial charge >= 0.3 is 0 Å². The molecule has 0 fully saturated rings. The van der Waals surface area contributed by atoms with Gasteiger partial charge in [0.1, 0.15) is 17.3 Å². The third kappa shape index (κ3) is 4.64. The predicted molar refractivity (Wildman–Crippen MR) is 140 cm³/mol. The van der Waals surface area contributed by atoms with Crippen LogP contribution in [0.5, 0.6) is 11.6 Å². The number of amides is 2. The van der Waals surface area contributed by atoms with E-state index in [4.69, 9.17) is 4.74 Å². The summed E-state index contributed by atoms with van der Waals surface area (Å²) in [6.45, 7) is 0. The molecule has 0 radical (unpaired) electrons. The van der Waals surface area contributed by atoms with Gasteiger partial charge in [0, 0.05) is 48.4 Å². The molecule has 5 rings (SSSR count). The van der Waals surface area contributed by atoms with Crippen LogP contribution in [0.15, 0.2) is 91.1 Å². The number of hydrogen-bond donors (Lipinski definition) is 2. The van der Waals surface area contributed by atoms with E-state index in [1.807, 2.05) is 42.5 Å². The first-order valence-corrected chi connectivity index (χ1v) is 11.6. The molecule has 0 saturated heterocycles. The number of nitrogens with zero attached hydrogens (tertiary/aromatic N) is 2. The lowest BCUT2D eigenvalue weighted by molar-refractivity contribution is 0.0958. The van der Waals surface area contributed by atoms with Crippen LogP contribution in [0.25, 0.3) is 22.0 Å². The fraction of sp³-hybridized carbons (Fsp3) is 0.0690. The zero-order valence-electron chi connectivity index (χ0n) is 20.2. The fourth-order valence-corrected chi connectivity index (χ4v) is 4.22. The third-order valence-corrected chi connectivity index (χ3v) is 6.03. The Hall–Kier alpha value is -4.98. The van der Waals surface area contributed by atoms with Crippen LogP contribution in [0.3, 0.4) is 0 Å². The summed E-state index contributed by atoms with van der Waals surface area (Å²) in [5.41, 5.74) is 2.04. The molecule has 2 N–H and O–H groups in total. The van der Waals surface area contributed by atoms with Gasteiger partial charge in [-0.05, 0) is 42.5 Å². The number of ether oxygens (including phenoxy) is 1. The van der Waals surface area contributed by atoms with Crippen molar-refractivity contribution in [2.45, 2.75) is 0 Å². The summed E-state index contributed by atoms with van der Waals surface area (Å²) < 4.78 is 22.5. The molecule has 0 aliphatic rings. The summed E-state index contributed by atoms with van der Waals surface area (Å²) in [6.07, 6.45) is 1.48. The van der Waals surface area contributed by atoms with E-state index in [2.05, 4.69) is 15.6 Å². The molecule has 0 atom stereocenters. The van der Waals surface area contributed by atoms with Crippen molar-refractivity contribution in [2.75, 3.05) is 12.4 Å². The smallest absolute Gasteiger partial charge is 0.272 e. The molecule has 0 unspecified atom stereocenters. The summed E-state index contributed by atoms with van der Waals surface area (Å²) in [5, 5.41) is 6.25. The molecule has 2 heterocycles. The van der Waals surface area contributed by atoms with Crippen LogP contribution < -0.4 is 15.4 Å². The first-order chi connectivity index (χ1) is 18.0. The Balaban J connectivity index is 1.54. The molecule has 37 heavy (non-hydrogen) atoms. The van der Waals surface area contributed by atoms with Gasteiger partial charge in [0.15, 0.2) is 0 Å². The monoisotopic (exact) mass is 494 g/mol. The molecule has 2 aromatic heterocycles. The van der Waals surface area contributed by atoms with Crippen molar-refractivity contribution in [3.05, 3.63) is 108 Å². The maximum Gasteiger partial charge on any atom is 0.272 e. The maximum absolute atomic E-state index is 15.0. The second-order valence-corrected chi connectivity index (χ2v) is 8.33. The van der Waals surface area contributed by atoms with Crippen LogP contribution in [0.1, 0.15) is 20.8 Å². The number of halogens is 1. The number of para-hydroxylation sites is 2. The van der Waals surface area contributed by atoms with Crippen molar-refractivity contribution in [3.8, 4) is 22.8 Å². The van der Waals surface area contributed by atoms with Gasteiger partial charge in [-0.3, -0.25) is 9.59 Å². The molecule has 8 heteroatoms. The van der Waals surface area contributed by atoms with E-state index in [0.717, 1.165) is 17.0 Å². The Morgan fingerprint density at radius 3 is 2.38 bits per heavy atom. The molecular formula is C29H23FN4O3. The SMILES string of the molecule is CNC(=O)c1c(F)ccc(NC(=O)c2cc3ccccc3n2C)c1-c1ccc(Oc2ccccc2)nc1. The molecule has 0 spiro atoms.